The van der Waals surface area contributed by atoms with Crippen molar-refractivity contribution in [3.63, 3.8) is 0 Å². The number of hydrogen-bond donors (Lipinski definition) is 0. The molecule has 2 rings (SSSR count). The lowest BCUT2D eigenvalue weighted by molar-refractivity contribution is 0.0263. The van der Waals surface area contributed by atoms with E-state index in [9.17, 15) is 0 Å². The van der Waals surface area contributed by atoms with Crippen molar-refractivity contribution in [2.45, 2.75) is 64.7 Å². The Morgan fingerprint density at radius 2 is 0.971 bits per heavy atom. The van der Waals surface area contributed by atoms with E-state index in [4.69, 9.17) is 18.9 Å². The summed E-state index contributed by atoms with van der Waals surface area (Å²) in [6, 6.07) is 23.1. The summed E-state index contributed by atoms with van der Waals surface area (Å²) in [6.45, 7) is 12.3. The lowest BCUT2D eigenvalue weighted by Gasteiger charge is -2.39. The number of rotatable bonds is 21. The summed E-state index contributed by atoms with van der Waals surface area (Å²) in [5.74, 6) is 0.342. The zero-order valence-corrected chi connectivity index (χ0v) is 22.2. The van der Waals surface area contributed by atoms with Gasteiger partial charge in [-0.2, -0.15) is 0 Å². The fraction of sp³-hybridized carbons (Fsp3) is 0.613. The van der Waals surface area contributed by atoms with Gasteiger partial charge in [-0.05, 0) is 54.9 Å². The molecular weight excluding hydrogens is 436 g/mol. The molecule has 2 aromatic carbocycles. The van der Waals surface area contributed by atoms with E-state index in [-0.39, 0.29) is 5.41 Å². The predicted octanol–water partition coefficient (Wildman–Crippen LogP) is 6.66. The van der Waals surface area contributed by atoms with Crippen molar-refractivity contribution in [2.75, 3.05) is 52.9 Å². The van der Waals surface area contributed by atoms with Crippen LogP contribution >= 0.6 is 0 Å². The summed E-state index contributed by atoms with van der Waals surface area (Å²) >= 11 is 0. The molecule has 0 aromatic heterocycles. The minimum atomic E-state index is -0.174. The van der Waals surface area contributed by atoms with E-state index in [1.165, 1.54) is 11.1 Å². The van der Waals surface area contributed by atoms with Gasteiger partial charge in [-0.3, -0.25) is 0 Å². The van der Waals surface area contributed by atoms with Gasteiger partial charge in [0.2, 0.25) is 0 Å². The molecule has 0 spiro atoms. The third kappa shape index (κ3) is 10.8. The normalized spacial score (nSPS) is 11.9. The lowest BCUT2D eigenvalue weighted by Crippen LogP contribution is -2.35. The molecule has 4 nitrogen and oxygen atoms in total. The zero-order valence-electron chi connectivity index (χ0n) is 22.2. The van der Waals surface area contributed by atoms with Gasteiger partial charge in [-0.15, -0.1) is 0 Å². The minimum Gasteiger partial charge on any atom is -0.379 e. The maximum atomic E-state index is 6.00. The Balaban J connectivity index is 2.02. The molecule has 0 fully saturated rings. The van der Waals surface area contributed by atoms with Gasteiger partial charge in [0.1, 0.15) is 0 Å². The van der Waals surface area contributed by atoms with E-state index in [1.807, 2.05) is 24.3 Å². The van der Waals surface area contributed by atoms with Gasteiger partial charge in [0.15, 0.2) is 0 Å². The average Bonchev–Trinajstić information content (AvgIpc) is 2.91. The third-order valence-electron chi connectivity index (χ3n) is 6.70. The first-order valence-electron chi connectivity index (χ1n) is 13.5. The first-order valence-corrected chi connectivity index (χ1v) is 13.5. The standard InChI is InChI=1S/C31H46O4/c1-4-6-20-32-24-26-34-22-18-30(19-23-35-27-25-33-21-7-5-2)31(3,28-14-10-8-11-15-28)29-16-12-9-13-17-29/h10-17,30H,4-7,18-27H2,1-3H3. The van der Waals surface area contributed by atoms with Gasteiger partial charge in [0, 0.05) is 31.8 Å². The first-order chi connectivity index (χ1) is 17.2. The SMILES string of the molecule is CCCCOCCOCCC(CCOCCOCCCC)C(C)(c1cc[c]cc1)c1cc[c]cc1. The Hall–Kier alpha value is -1.72. The number of ether oxygens (including phenoxy) is 4. The minimum absolute atomic E-state index is 0.174. The van der Waals surface area contributed by atoms with Crippen LogP contribution in [0.3, 0.4) is 0 Å². The van der Waals surface area contributed by atoms with E-state index in [2.05, 4.69) is 57.2 Å². The highest BCUT2D eigenvalue weighted by Gasteiger charge is 2.37. The molecule has 0 saturated carbocycles. The topological polar surface area (TPSA) is 36.9 Å². The van der Waals surface area contributed by atoms with Crippen molar-refractivity contribution in [1.29, 1.82) is 0 Å². The number of hydrogen-bond acceptors (Lipinski definition) is 4. The highest BCUT2D eigenvalue weighted by atomic mass is 16.5. The predicted molar refractivity (Wildman–Crippen MR) is 143 cm³/mol. The molecule has 0 aliphatic heterocycles. The Morgan fingerprint density at radius 1 is 0.600 bits per heavy atom. The fourth-order valence-corrected chi connectivity index (χ4v) is 4.41. The lowest BCUT2D eigenvalue weighted by atomic mass is 9.65. The van der Waals surface area contributed by atoms with Gasteiger partial charge >= 0.3 is 0 Å². The van der Waals surface area contributed by atoms with E-state index in [0.717, 1.165) is 51.7 Å². The van der Waals surface area contributed by atoms with Crippen LogP contribution in [0.4, 0.5) is 0 Å². The van der Waals surface area contributed by atoms with Crippen LogP contribution in [-0.4, -0.2) is 52.9 Å². The number of benzene rings is 2. The smallest absolute Gasteiger partial charge is 0.0700 e. The van der Waals surface area contributed by atoms with Crippen LogP contribution in [0, 0.1) is 18.1 Å². The maximum Gasteiger partial charge on any atom is 0.0700 e. The third-order valence-corrected chi connectivity index (χ3v) is 6.70. The Bertz CT molecular complexity index is 675. The molecule has 0 atom stereocenters. The maximum absolute atomic E-state index is 6.00. The molecular formula is C31H46O4. The van der Waals surface area contributed by atoms with Gasteiger partial charge in [-0.1, -0.05) is 82.1 Å². The Morgan fingerprint density at radius 3 is 1.34 bits per heavy atom. The van der Waals surface area contributed by atoms with Crippen molar-refractivity contribution in [3.8, 4) is 0 Å². The second-order valence-electron chi connectivity index (χ2n) is 9.21. The van der Waals surface area contributed by atoms with E-state index in [1.54, 1.807) is 0 Å². The zero-order chi connectivity index (χ0) is 25.0. The number of unbranched alkanes of at least 4 members (excludes halogenated alkanes) is 2. The molecule has 0 aliphatic rings. The molecule has 2 aromatic rings. The van der Waals surface area contributed by atoms with E-state index >= 15 is 0 Å². The molecule has 0 bridgehead atoms. The summed E-state index contributed by atoms with van der Waals surface area (Å²) < 4.78 is 23.3. The van der Waals surface area contributed by atoms with Crippen molar-refractivity contribution in [2.24, 2.45) is 5.92 Å². The van der Waals surface area contributed by atoms with Gasteiger partial charge in [-0.25, -0.2) is 0 Å². The molecule has 0 saturated heterocycles. The van der Waals surface area contributed by atoms with Gasteiger partial charge in [0.25, 0.3) is 0 Å². The molecule has 194 valence electrons. The molecule has 0 aliphatic carbocycles. The highest BCUT2D eigenvalue weighted by Crippen LogP contribution is 2.42. The van der Waals surface area contributed by atoms with Crippen LogP contribution in [0.5, 0.6) is 0 Å². The van der Waals surface area contributed by atoms with Crippen molar-refractivity contribution in [3.05, 3.63) is 71.8 Å². The van der Waals surface area contributed by atoms with E-state index < -0.39 is 0 Å². The summed E-state index contributed by atoms with van der Waals surface area (Å²) in [5, 5.41) is 0. The summed E-state index contributed by atoms with van der Waals surface area (Å²) in [4.78, 5) is 0. The quantitative estimate of drug-likeness (QED) is 0.187. The molecule has 0 amide bonds. The largest absolute Gasteiger partial charge is 0.379 e. The van der Waals surface area contributed by atoms with Crippen molar-refractivity contribution >= 4 is 0 Å². The van der Waals surface area contributed by atoms with Gasteiger partial charge < -0.3 is 18.9 Å². The molecule has 4 heteroatoms. The van der Waals surface area contributed by atoms with Crippen molar-refractivity contribution < 1.29 is 18.9 Å². The molecule has 0 heterocycles. The van der Waals surface area contributed by atoms with Crippen LogP contribution in [-0.2, 0) is 24.4 Å². The second kappa shape index (κ2) is 18.5. The Labute approximate surface area is 214 Å². The highest BCUT2D eigenvalue weighted by molar-refractivity contribution is 5.39. The van der Waals surface area contributed by atoms with Gasteiger partial charge in [0.05, 0.1) is 26.4 Å². The van der Waals surface area contributed by atoms with Crippen LogP contribution in [0.1, 0.15) is 70.4 Å². The molecule has 35 heavy (non-hydrogen) atoms. The second-order valence-corrected chi connectivity index (χ2v) is 9.21. The van der Waals surface area contributed by atoms with E-state index in [0.29, 0.717) is 45.6 Å². The molecule has 0 N–H and O–H groups in total. The fourth-order valence-electron chi connectivity index (χ4n) is 4.41. The molecule has 2 radical (unpaired) electrons. The Kier molecular flexibility index (Phi) is 15.6. The first kappa shape index (κ1) is 29.5. The van der Waals surface area contributed by atoms with Crippen LogP contribution < -0.4 is 0 Å². The summed E-state index contributed by atoms with van der Waals surface area (Å²) in [5.41, 5.74) is 2.41. The van der Waals surface area contributed by atoms with Crippen molar-refractivity contribution in [1.82, 2.24) is 0 Å². The monoisotopic (exact) mass is 482 g/mol. The molecule has 0 unspecified atom stereocenters. The summed E-state index contributed by atoms with van der Waals surface area (Å²) in [6.07, 6.45) is 6.41. The van der Waals surface area contributed by atoms with Crippen LogP contribution in [0.2, 0.25) is 0 Å². The summed E-state index contributed by atoms with van der Waals surface area (Å²) in [7, 11) is 0. The average molecular weight is 483 g/mol. The van der Waals surface area contributed by atoms with Crippen LogP contribution in [0.15, 0.2) is 48.5 Å². The van der Waals surface area contributed by atoms with Crippen LogP contribution in [0.25, 0.3) is 0 Å².